The van der Waals surface area contributed by atoms with E-state index in [1.165, 1.54) is 4.57 Å². The minimum Gasteiger partial charge on any atom is -0.491 e. The van der Waals surface area contributed by atoms with Crippen LogP contribution < -0.4 is 4.74 Å². The van der Waals surface area contributed by atoms with Gasteiger partial charge in [-0.15, -0.1) is 0 Å². The topological polar surface area (TPSA) is 27.1 Å². The highest BCUT2D eigenvalue weighted by Gasteiger charge is 2.07. The Bertz CT molecular complexity index is 500. The highest BCUT2D eigenvalue weighted by molar-refractivity contribution is 5.60. The Balaban J connectivity index is 2.32. The van der Waals surface area contributed by atoms with Gasteiger partial charge in [-0.3, -0.25) is 0 Å². The van der Waals surface area contributed by atoms with Crippen molar-refractivity contribution in [3.05, 3.63) is 36.5 Å². The van der Waals surface area contributed by atoms with Crippen LogP contribution in [-0.4, -0.2) is 15.7 Å². The number of halogens is 1. The molecule has 2 aromatic rings. The number of ether oxygens (including phenoxy) is 1. The van der Waals surface area contributed by atoms with E-state index in [0.717, 1.165) is 11.3 Å². The normalized spacial score (nSPS) is 10.9. The minimum atomic E-state index is -0.491. The predicted molar refractivity (Wildman–Crippen MR) is 64.4 cm³/mol. The molecule has 1 heterocycles. The average Bonchev–Trinajstić information content (AvgIpc) is 2.59. The standard InChI is InChI=1S/C13H15FN2O/c1-9(2)17-11-6-4-5-10(7-11)12-8-16(3)13(14)15-12/h4-9H,1-3H3. The Morgan fingerprint density at radius 1 is 1.35 bits per heavy atom. The molecule has 0 unspecified atom stereocenters. The molecule has 1 aromatic carbocycles. The summed E-state index contributed by atoms with van der Waals surface area (Å²) >= 11 is 0. The summed E-state index contributed by atoms with van der Waals surface area (Å²) in [5.41, 5.74) is 1.46. The molecule has 2 rings (SSSR count). The summed E-state index contributed by atoms with van der Waals surface area (Å²) in [6.45, 7) is 3.93. The number of aromatic nitrogens is 2. The fourth-order valence-electron chi connectivity index (χ4n) is 1.58. The van der Waals surface area contributed by atoms with Gasteiger partial charge in [0.05, 0.1) is 11.8 Å². The van der Waals surface area contributed by atoms with Crippen molar-refractivity contribution < 1.29 is 9.13 Å². The van der Waals surface area contributed by atoms with Crippen LogP contribution in [0.15, 0.2) is 30.5 Å². The highest BCUT2D eigenvalue weighted by Crippen LogP contribution is 2.23. The van der Waals surface area contributed by atoms with Crippen LogP contribution in [0.2, 0.25) is 0 Å². The summed E-state index contributed by atoms with van der Waals surface area (Å²) in [4.78, 5) is 3.84. The lowest BCUT2D eigenvalue weighted by Crippen LogP contribution is -2.05. The van der Waals surface area contributed by atoms with Crippen molar-refractivity contribution in [2.75, 3.05) is 0 Å². The molecule has 0 spiro atoms. The van der Waals surface area contributed by atoms with Crippen LogP contribution in [0.4, 0.5) is 4.39 Å². The maximum atomic E-state index is 13.2. The molecule has 0 fully saturated rings. The minimum absolute atomic E-state index is 0.116. The van der Waals surface area contributed by atoms with Gasteiger partial charge in [0, 0.05) is 18.8 Å². The number of nitrogens with zero attached hydrogens (tertiary/aromatic N) is 2. The molecule has 4 heteroatoms. The van der Waals surface area contributed by atoms with Crippen LogP contribution in [0.1, 0.15) is 13.8 Å². The first-order chi connectivity index (χ1) is 8.06. The van der Waals surface area contributed by atoms with Crippen molar-refractivity contribution in [1.29, 1.82) is 0 Å². The molecule has 1 aromatic heterocycles. The number of hydrogen-bond donors (Lipinski definition) is 0. The van der Waals surface area contributed by atoms with Crippen molar-refractivity contribution >= 4 is 0 Å². The van der Waals surface area contributed by atoms with Gasteiger partial charge in [-0.1, -0.05) is 12.1 Å². The van der Waals surface area contributed by atoms with Crippen LogP contribution >= 0.6 is 0 Å². The summed E-state index contributed by atoms with van der Waals surface area (Å²) in [6, 6.07) is 7.50. The second-order valence-electron chi connectivity index (χ2n) is 4.20. The molecule has 0 saturated heterocycles. The van der Waals surface area contributed by atoms with Gasteiger partial charge in [0.25, 0.3) is 6.08 Å². The molecule has 0 radical (unpaired) electrons. The van der Waals surface area contributed by atoms with Crippen LogP contribution in [0, 0.1) is 6.08 Å². The maximum Gasteiger partial charge on any atom is 0.289 e. The molecule has 0 aliphatic heterocycles. The Morgan fingerprint density at radius 3 is 2.71 bits per heavy atom. The smallest absolute Gasteiger partial charge is 0.289 e. The van der Waals surface area contributed by atoms with Gasteiger partial charge < -0.3 is 9.30 Å². The third-order valence-electron chi connectivity index (χ3n) is 2.32. The van der Waals surface area contributed by atoms with E-state index in [9.17, 15) is 4.39 Å². The zero-order valence-corrected chi connectivity index (χ0v) is 10.1. The van der Waals surface area contributed by atoms with E-state index in [0.29, 0.717) is 5.69 Å². The molecule has 0 amide bonds. The molecule has 17 heavy (non-hydrogen) atoms. The summed E-state index contributed by atoms with van der Waals surface area (Å²) in [6.07, 6.45) is 1.28. The largest absolute Gasteiger partial charge is 0.491 e. The number of aryl methyl sites for hydroxylation is 1. The zero-order chi connectivity index (χ0) is 12.4. The summed E-state index contributed by atoms with van der Waals surface area (Å²) in [7, 11) is 1.63. The van der Waals surface area contributed by atoms with E-state index in [1.54, 1.807) is 13.2 Å². The van der Waals surface area contributed by atoms with Gasteiger partial charge in [-0.05, 0) is 26.0 Å². The molecule has 0 bridgehead atoms. The van der Waals surface area contributed by atoms with E-state index in [2.05, 4.69) is 4.98 Å². The van der Waals surface area contributed by atoms with Crippen LogP contribution in [0.5, 0.6) is 5.75 Å². The summed E-state index contributed by atoms with van der Waals surface area (Å²) in [5, 5.41) is 0. The van der Waals surface area contributed by atoms with E-state index in [1.807, 2.05) is 38.1 Å². The molecule has 0 atom stereocenters. The third-order valence-corrected chi connectivity index (χ3v) is 2.32. The predicted octanol–water partition coefficient (Wildman–Crippen LogP) is 3.01. The average molecular weight is 234 g/mol. The van der Waals surface area contributed by atoms with Crippen molar-refractivity contribution in [3.63, 3.8) is 0 Å². The van der Waals surface area contributed by atoms with E-state index in [4.69, 9.17) is 4.74 Å². The van der Waals surface area contributed by atoms with Crippen LogP contribution in [0.25, 0.3) is 11.3 Å². The first-order valence-corrected chi connectivity index (χ1v) is 5.52. The Hall–Kier alpha value is -1.84. The maximum absolute atomic E-state index is 13.2. The Kier molecular flexibility index (Phi) is 3.13. The van der Waals surface area contributed by atoms with Gasteiger partial charge in [0.15, 0.2) is 0 Å². The second-order valence-corrected chi connectivity index (χ2v) is 4.20. The third kappa shape index (κ3) is 2.64. The molecule has 0 aliphatic carbocycles. The summed E-state index contributed by atoms with van der Waals surface area (Å²) < 4.78 is 20.1. The first-order valence-electron chi connectivity index (χ1n) is 5.52. The lowest BCUT2D eigenvalue weighted by atomic mass is 10.1. The lowest BCUT2D eigenvalue weighted by Gasteiger charge is -2.10. The highest BCUT2D eigenvalue weighted by atomic mass is 19.1. The van der Waals surface area contributed by atoms with Gasteiger partial charge in [-0.2, -0.15) is 4.39 Å². The lowest BCUT2D eigenvalue weighted by molar-refractivity contribution is 0.242. The zero-order valence-electron chi connectivity index (χ0n) is 10.1. The van der Waals surface area contributed by atoms with Gasteiger partial charge in [0.2, 0.25) is 0 Å². The fourth-order valence-corrected chi connectivity index (χ4v) is 1.58. The van der Waals surface area contributed by atoms with Crippen molar-refractivity contribution in [1.82, 2.24) is 9.55 Å². The van der Waals surface area contributed by atoms with E-state index < -0.39 is 6.08 Å². The molecule has 3 nitrogen and oxygen atoms in total. The van der Waals surface area contributed by atoms with Crippen molar-refractivity contribution in [3.8, 4) is 17.0 Å². The quantitative estimate of drug-likeness (QED) is 0.816. The second kappa shape index (κ2) is 4.57. The number of benzene rings is 1. The van der Waals surface area contributed by atoms with E-state index in [-0.39, 0.29) is 6.10 Å². The van der Waals surface area contributed by atoms with Crippen molar-refractivity contribution in [2.24, 2.45) is 7.05 Å². The molecular weight excluding hydrogens is 219 g/mol. The Labute approximate surface area is 99.9 Å². The first kappa shape index (κ1) is 11.6. The fraction of sp³-hybridized carbons (Fsp3) is 0.308. The number of imidazole rings is 1. The molecule has 0 aliphatic rings. The molecule has 0 N–H and O–H groups in total. The monoisotopic (exact) mass is 234 g/mol. The number of rotatable bonds is 3. The Morgan fingerprint density at radius 2 is 2.12 bits per heavy atom. The SMILES string of the molecule is CC(C)Oc1cccc(-c2cn(C)c(F)n2)c1. The van der Waals surface area contributed by atoms with Crippen molar-refractivity contribution in [2.45, 2.75) is 20.0 Å². The van der Waals surface area contributed by atoms with Gasteiger partial charge in [-0.25, -0.2) is 4.98 Å². The summed E-state index contributed by atoms with van der Waals surface area (Å²) in [5.74, 6) is 0.767. The molecule has 90 valence electrons. The van der Waals surface area contributed by atoms with Gasteiger partial charge in [0.1, 0.15) is 5.75 Å². The number of hydrogen-bond acceptors (Lipinski definition) is 2. The van der Waals surface area contributed by atoms with E-state index >= 15 is 0 Å². The van der Waals surface area contributed by atoms with Gasteiger partial charge >= 0.3 is 0 Å². The van der Waals surface area contributed by atoms with Crippen LogP contribution in [0.3, 0.4) is 0 Å². The molecule has 0 saturated carbocycles. The molecular formula is C13H15FN2O. The van der Waals surface area contributed by atoms with Crippen LogP contribution in [-0.2, 0) is 7.05 Å².